The number of benzene rings is 1. The van der Waals surface area contributed by atoms with Crippen LogP contribution in [0.1, 0.15) is 19.0 Å². The minimum atomic E-state index is -4.54. The van der Waals surface area contributed by atoms with Gasteiger partial charge in [-0.05, 0) is 24.6 Å². The zero-order chi connectivity index (χ0) is 14.9. The van der Waals surface area contributed by atoms with E-state index in [1.165, 1.54) is 6.07 Å². The molecular formula is C13H11Cl2F3N2. The van der Waals surface area contributed by atoms with Crippen LogP contribution >= 0.6 is 23.2 Å². The molecule has 2 rings (SSSR count). The minimum Gasteiger partial charge on any atom is -0.384 e. The molecule has 0 unspecified atom stereocenters. The lowest BCUT2D eigenvalue weighted by molar-refractivity contribution is -0.140. The predicted molar refractivity (Wildman–Crippen MR) is 75.5 cm³/mol. The molecule has 1 heterocycles. The maximum atomic E-state index is 12.9. The fraction of sp³-hybridized carbons (Fsp3) is 0.308. The third-order valence-corrected chi connectivity index (χ3v) is 3.52. The van der Waals surface area contributed by atoms with Gasteiger partial charge < -0.3 is 5.32 Å². The highest BCUT2D eigenvalue weighted by Crippen LogP contribution is 2.37. The van der Waals surface area contributed by atoms with Crippen molar-refractivity contribution in [3.05, 3.63) is 33.9 Å². The lowest BCUT2D eigenvalue weighted by Gasteiger charge is -2.14. The maximum absolute atomic E-state index is 12.9. The van der Waals surface area contributed by atoms with E-state index in [9.17, 15) is 13.2 Å². The lowest BCUT2D eigenvalue weighted by atomic mass is 10.1. The van der Waals surface area contributed by atoms with Crippen LogP contribution in [0, 0.1) is 0 Å². The molecule has 108 valence electrons. The Bertz CT molecular complexity index is 642. The topological polar surface area (TPSA) is 24.9 Å². The van der Waals surface area contributed by atoms with E-state index in [0.29, 0.717) is 17.6 Å². The summed E-state index contributed by atoms with van der Waals surface area (Å²) >= 11 is 11.8. The summed E-state index contributed by atoms with van der Waals surface area (Å²) < 4.78 is 38.7. The quantitative estimate of drug-likeness (QED) is 0.820. The summed E-state index contributed by atoms with van der Waals surface area (Å²) in [5, 5.41) is 3.67. The molecule has 0 aliphatic heterocycles. The number of alkyl halides is 3. The molecule has 0 saturated carbocycles. The molecule has 0 amide bonds. The van der Waals surface area contributed by atoms with Gasteiger partial charge in [0, 0.05) is 17.6 Å². The monoisotopic (exact) mass is 322 g/mol. The summed E-state index contributed by atoms with van der Waals surface area (Å²) in [6.45, 7) is 2.47. The van der Waals surface area contributed by atoms with Crippen molar-refractivity contribution in [1.29, 1.82) is 0 Å². The molecule has 0 fully saturated rings. The molecule has 0 aliphatic carbocycles. The molecule has 1 aromatic carbocycles. The Kier molecular flexibility index (Phi) is 4.30. The van der Waals surface area contributed by atoms with Gasteiger partial charge in [-0.15, -0.1) is 0 Å². The number of rotatable bonds is 3. The number of nitrogens with zero attached hydrogens (tertiary/aromatic N) is 1. The molecule has 1 aromatic heterocycles. The number of nitrogens with one attached hydrogen (secondary N) is 1. The molecule has 0 bridgehead atoms. The second kappa shape index (κ2) is 5.66. The van der Waals surface area contributed by atoms with Crippen LogP contribution < -0.4 is 5.32 Å². The Morgan fingerprint density at radius 1 is 1.25 bits per heavy atom. The number of hydrogen-bond acceptors (Lipinski definition) is 2. The molecular weight excluding hydrogens is 312 g/mol. The highest BCUT2D eigenvalue weighted by Gasteiger charge is 2.33. The molecule has 0 aliphatic rings. The van der Waals surface area contributed by atoms with Crippen LogP contribution in [0.15, 0.2) is 18.2 Å². The highest BCUT2D eigenvalue weighted by atomic mass is 35.5. The first kappa shape index (κ1) is 15.2. The number of aromatic nitrogens is 1. The van der Waals surface area contributed by atoms with Crippen LogP contribution in [0.5, 0.6) is 0 Å². The Hall–Kier alpha value is -1.20. The van der Waals surface area contributed by atoms with Crippen LogP contribution in [-0.4, -0.2) is 11.5 Å². The van der Waals surface area contributed by atoms with Crippen LogP contribution in [0.2, 0.25) is 10.0 Å². The fourth-order valence-corrected chi connectivity index (χ4v) is 2.14. The molecule has 0 atom stereocenters. The van der Waals surface area contributed by atoms with E-state index >= 15 is 0 Å². The summed E-state index contributed by atoms with van der Waals surface area (Å²) in [6.07, 6.45) is -3.75. The van der Waals surface area contributed by atoms with Crippen molar-refractivity contribution in [2.45, 2.75) is 19.5 Å². The third kappa shape index (κ3) is 2.94. The number of hydrogen-bond donors (Lipinski definition) is 1. The van der Waals surface area contributed by atoms with E-state index in [0.717, 1.165) is 12.5 Å². The maximum Gasteiger partial charge on any atom is 0.433 e. The Morgan fingerprint density at radius 2 is 1.95 bits per heavy atom. The van der Waals surface area contributed by atoms with E-state index in [1.807, 2.05) is 6.92 Å². The molecule has 1 N–H and O–H groups in total. The first-order valence-corrected chi connectivity index (χ1v) is 6.70. The Morgan fingerprint density at radius 3 is 2.55 bits per heavy atom. The molecule has 0 saturated heterocycles. The Labute approximate surface area is 123 Å². The lowest BCUT2D eigenvalue weighted by Crippen LogP contribution is -2.10. The number of anilines is 1. The summed E-state index contributed by atoms with van der Waals surface area (Å²) in [7, 11) is 0. The summed E-state index contributed by atoms with van der Waals surface area (Å²) in [6, 6.07) is 4.13. The van der Waals surface area contributed by atoms with Gasteiger partial charge in [0.2, 0.25) is 0 Å². The molecule has 2 nitrogen and oxygen atoms in total. The third-order valence-electron chi connectivity index (χ3n) is 2.73. The molecule has 0 radical (unpaired) electrons. The first-order valence-electron chi connectivity index (χ1n) is 5.94. The van der Waals surface area contributed by atoms with Gasteiger partial charge in [-0.25, -0.2) is 4.98 Å². The minimum absolute atomic E-state index is 0.0230. The largest absolute Gasteiger partial charge is 0.433 e. The van der Waals surface area contributed by atoms with Gasteiger partial charge in [0.25, 0.3) is 0 Å². The van der Waals surface area contributed by atoms with Crippen molar-refractivity contribution in [3.63, 3.8) is 0 Å². The van der Waals surface area contributed by atoms with Gasteiger partial charge in [-0.3, -0.25) is 0 Å². The van der Waals surface area contributed by atoms with Crippen molar-refractivity contribution in [3.8, 4) is 0 Å². The average molecular weight is 323 g/mol. The van der Waals surface area contributed by atoms with Gasteiger partial charge in [0.15, 0.2) is 0 Å². The van der Waals surface area contributed by atoms with Gasteiger partial charge in [-0.2, -0.15) is 13.2 Å². The molecule has 7 heteroatoms. The van der Waals surface area contributed by atoms with E-state index in [1.54, 1.807) is 6.07 Å². The summed E-state index contributed by atoms with van der Waals surface area (Å²) in [4.78, 5) is 3.59. The normalized spacial score (nSPS) is 11.9. The van der Waals surface area contributed by atoms with Gasteiger partial charge in [0.05, 0.1) is 15.6 Å². The van der Waals surface area contributed by atoms with E-state index in [2.05, 4.69) is 10.3 Å². The SMILES string of the molecule is CCCNc1cc(C(F)(F)F)nc2c(Cl)c(Cl)ccc12. The number of pyridine rings is 1. The van der Waals surface area contributed by atoms with E-state index in [4.69, 9.17) is 23.2 Å². The Balaban J connectivity index is 2.71. The van der Waals surface area contributed by atoms with Gasteiger partial charge in [-0.1, -0.05) is 30.1 Å². The smallest absolute Gasteiger partial charge is 0.384 e. The molecule has 20 heavy (non-hydrogen) atoms. The van der Waals surface area contributed by atoms with E-state index in [-0.39, 0.29) is 15.6 Å². The zero-order valence-electron chi connectivity index (χ0n) is 10.5. The highest BCUT2D eigenvalue weighted by molar-refractivity contribution is 6.45. The van der Waals surface area contributed by atoms with Crippen LogP contribution in [0.3, 0.4) is 0 Å². The van der Waals surface area contributed by atoms with Crippen LogP contribution in [-0.2, 0) is 6.18 Å². The first-order chi connectivity index (χ1) is 9.34. The zero-order valence-corrected chi connectivity index (χ0v) is 12.0. The van der Waals surface area contributed by atoms with Crippen molar-refractivity contribution in [1.82, 2.24) is 4.98 Å². The summed E-state index contributed by atoms with van der Waals surface area (Å²) in [5.41, 5.74) is -0.594. The van der Waals surface area contributed by atoms with Gasteiger partial charge >= 0.3 is 6.18 Å². The average Bonchev–Trinajstić information content (AvgIpc) is 2.39. The van der Waals surface area contributed by atoms with Crippen molar-refractivity contribution in [2.75, 3.05) is 11.9 Å². The standard InChI is InChI=1S/C13H11Cl2F3N2/c1-2-5-19-9-6-10(13(16,17)18)20-12-7(9)3-4-8(14)11(12)15/h3-4,6H,2,5H2,1H3,(H,19,20). The summed E-state index contributed by atoms with van der Waals surface area (Å²) in [5.74, 6) is 0. The second-order valence-electron chi connectivity index (χ2n) is 4.24. The number of halogens is 5. The van der Waals surface area contributed by atoms with Gasteiger partial charge in [0.1, 0.15) is 5.69 Å². The number of fused-ring (bicyclic) bond motifs is 1. The van der Waals surface area contributed by atoms with Crippen LogP contribution in [0.4, 0.5) is 18.9 Å². The molecule has 2 aromatic rings. The van der Waals surface area contributed by atoms with Crippen molar-refractivity contribution in [2.24, 2.45) is 0 Å². The fourth-order valence-electron chi connectivity index (χ4n) is 1.78. The second-order valence-corrected chi connectivity index (χ2v) is 5.02. The van der Waals surface area contributed by atoms with Crippen molar-refractivity contribution < 1.29 is 13.2 Å². The van der Waals surface area contributed by atoms with E-state index < -0.39 is 11.9 Å². The predicted octanol–water partition coefficient (Wildman–Crippen LogP) is 5.38. The van der Waals surface area contributed by atoms with Crippen LogP contribution in [0.25, 0.3) is 10.9 Å². The molecule has 0 spiro atoms. The van der Waals surface area contributed by atoms with Crippen molar-refractivity contribution >= 4 is 39.8 Å².